The first-order valence-electron chi connectivity index (χ1n) is 5.32. The number of hydrogen-bond donors (Lipinski definition) is 3. The highest BCUT2D eigenvalue weighted by Gasteiger charge is 2.24. The van der Waals surface area contributed by atoms with Gasteiger partial charge < -0.3 is 15.8 Å². The number of nitrogens with one attached hydrogen (secondary N) is 1. The molecule has 0 bridgehead atoms. The molecule has 2 rings (SSSR count). The van der Waals surface area contributed by atoms with Crippen LogP contribution in [0.2, 0.25) is 0 Å². The Morgan fingerprint density at radius 1 is 1.44 bits per heavy atom. The summed E-state index contributed by atoms with van der Waals surface area (Å²) in [7, 11) is 0. The van der Waals surface area contributed by atoms with Crippen LogP contribution in [0.15, 0.2) is 18.2 Å². The van der Waals surface area contributed by atoms with Gasteiger partial charge in [0.1, 0.15) is 5.82 Å². The Hall–Kier alpha value is -1.39. The van der Waals surface area contributed by atoms with E-state index in [9.17, 15) is 5.11 Å². The van der Waals surface area contributed by atoms with Gasteiger partial charge in [0.15, 0.2) is 0 Å². The lowest BCUT2D eigenvalue weighted by Gasteiger charge is -2.25. The van der Waals surface area contributed by atoms with Gasteiger partial charge in [-0.25, -0.2) is 4.98 Å². The van der Waals surface area contributed by atoms with E-state index in [2.05, 4.69) is 9.97 Å². The molecule has 0 radical (unpaired) electrons. The van der Waals surface area contributed by atoms with Gasteiger partial charge in [-0.2, -0.15) is 0 Å². The number of aliphatic hydroxyl groups is 1. The van der Waals surface area contributed by atoms with Crippen molar-refractivity contribution >= 4 is 11.0 Å². The zero-order chi connectivity index (χ0) is 11.9. The standard InChI is InChI=1S/C12H17N3O/c1-7-14-9-5-4-8(6-10(9)15-7)11(13)12(2,3)16/h4-6,11,16H,13H2,1-3H3,(H,14,15). The van der Waals surface area contributed by atoms with E-state index in [1.54, 1.807) is 13.8 Å². The SMILES string of the molecule is Cc1nc2ccc(C(N)C(C)(C)O)cc2[nH]1. The summed E-state index contributed by atoms with van der Waals surface area (Å²) >= 11 is 0. The third-order valence-corrected chi connectivity index (χ3v) is 2.74. The molecule has 1 aromatic carbocycles. The van der Waals surface area contributed by atoms with Gasteiger partial charge in [0.2, 0.25) is 0 Å². The lowest BCUT2D eigenvalue weighted by Crippen LogP contribution is -2.34. The number of benzene rings is 1. The van der Waals surface area contributed by atoms with Crippen molar-refractivity contribution in [2.75, 3.05) is 0 Å². The molecular weight excluding hydrogens is 202 g/mol. The van der Waals surface area contributed by atoms with Gasteiger partial charge in [0.05, 0.1) is 22.7 Å². The van der Waals surface area contributed by atoms with Crippen molar-refractivity contribution in [1.82, 2.24) is 9.97 Å². The minimum Gasteiger partial charge on any atom is -0.388 e. The van der Waals surface area contributed by atoms with Gasteiger partial charge in [-0.3, -0.25) is 0 Å². The normalized spacial score (nSPS) is 14.3. The van der Waals surface area contributed by atoms with Crippen molar-refractivity contribution in [2.24, 2.45) is 5.73 Å². The smallest absolute Gasteiger partial charge is 0.104 e. The Morgan fingerprint density at radius 3 is 2.75 bits per heavy atom. The highest BCUT2D eigenvalue weighted by Crippen LogP contribution is 2.25. The first-order chi connectivity index (χ1) is 7.38. The van der Waals surface area contributed by atoms with Crippen LogP contribution in [0.4, 0.5) is 0 Å². The van der Waals surface area contributed by atoms with Gasteiger partial charge in [0, 0.05) is 0 Å². The first-order valence-corrected chi connectivity index (χ1v) is 5.32. The second kappa shape index (κ2) is 3.57. The van der Waals surface area contributed by atoms with Crippen LogP contribution in [0.3, 0.4) is 0 Å². The van der Waals surface area contributed by atoms with E-state index in [1.165, 1.54) is 0 Å². The van der Waals surface area contributed by atoms with Crippen LogP contribution in [0, 0.1) is 6.92 Å². The lowest BCUT2D eigenvalue weighted by molar-refractivity contribution is 0.0518. The molecule has 0 aliphatic carbocycles. The number of H-pyrrole nitrogens is 1. The first kappa shape index (κ1) is 11.1. The lowest BCUT2D eigenvalue weighted by atomic mass is 9.93. The molecule has 1 unspecified atom stereocenters. The predicted molar refractivity (Wildman–Crippen MR) is 64.1 cm³/mol. The Labute approximate surface area is 94.5 Å². The number of aromatic nitrogens is 2. The molecule has 1 aromatic heterocycles. The molecule has 4 heteroatoms. The number of hydrogen-bond acceptors (Lipinski definition) is 3. The Kier molecular flexibility index (Phi) is 2.48. The molecule has 16 heavy (non-hydrogen) atoms. The molecule has 4 N–H and O–H groups in total. The second-order valence-electron chi connectivity index (χ2n) is 4.73. The number of rotatable bonds is 2. The van der Waals surface area contributed by atoms with Gasteiger partial charge in [-0.15, -0.1) is 0 Å². The number of nitrogens with zero attached hydrogens (tertiary/aromatic N) is 1. The molecule has 0 fully saturated rings. The average molecular weight is 219 g/mol. The maximum absolute atomic E-state index is 9.87. The van der Waals surface area contributed by atoms with Gasteiger partial charge in [-0.1, -0.05) is 6.07 Å². The number of aromatic amines is 1. The summed E-state index contributed by atoms with van der Waals surface area (Å²) in [5.41, 5.74) is 7.84. The minimum absolute atomic E-state index is 0.402. The summed E-state index contributed by atoms with van der Waals surface area (Å²) in [5, 5.41) is 9.87. The fourth-order valence-corrected chi connectivity index (χ4v) is 1.76. The third-order valence-electron chi connectivity index (χ3n) is 2.74. The second-order valence-corrected chi connectivity index (χ2v) is 4.73. The fraction of sp³-hybridized carbons (Fsp3) is 0.417. The molecule has 4 nitrogen and oxygen atoms in total. The van der Waals surface area contributed by atoms with E-state index in [0.29, 0.717) is 0 Å². The number of fused-ring (bicyclic) bond motifs is 1. The van der Waals surface area contributed by atoms with Gasteiger partial charge >= 0.3 is 0 Å². The van der Waals surface area contributed by atoms with E-state index in [1.807, 2.05) is 25.1 Å². The third kappa shape index (κ3) is 1.94. The van der Waals surface area contributed by atoms with Gasteiger partial charge in [0.25, 0.3) is 0 Å². The summed E-state index contributed by atoms with van der Waals surface area (Å²) < 4.78 is 0. The molecule has 0 aliphatic rings. The molecule has 1 heterocycles. The van der Waals surface area contributed by atoms with E-state index in [4.69, 9.17) is 5.73 Å². The van der Waals surface area contributed by atoms with Crippen molar-refractivity contribution in [1.29, 1.82) is 0 Å². The number of aryl methyl sites for hydroxylation is 1. The van der Waals surface area contributed by atoms with Crippen LogP contribution in [0.25, 0.3) is 11.0 Å². The maximum Gasteiger partial charge on any atom is 0.104 e. The van der Waals surface area contributed by atoms with Crippen LogP contribution in [0.1, 0.15) is 31.3 Å². The predicted octanol–water partition coefficient (Wildman–Crippen LogP) is 1.64. The van der Waals surface area contributed by atoms with E-state index in [0.717, 1.165) is 22.4 Å². The van der Waals surface area contributed by atoms with Crippen LogP contribution < -0.4 is 5.73 Å². The van der Waals surface area contributed by atoms with Crippen molar-refractivity contribution in [3.8, 4) is 0 Å². The minimum atomic E-state index is -0.928. The van der Waals surface area contributed by atoms with E-state index in [-0.39, 0.29) is 0 Å². The average Bonchev–Trinajstić information content (AvgIpc) is 2.54. The summed E-state index contributed by atoms with van der Waals surface area (Å²) in [5.74, 6) is 0.879. The maximum atomic E-state index is 9.87. The molecule has 86 valence electrons. The summed E-state index contributed by atoms with van der Waals surface area (Å²) in [6, 6.07) is 5.36. The number of nitrogens with two attached hydrogens (primary N) is 1. The fourth-order valence-electron chi connectivity index (χ4n) is 1.76. The molecule has 0 saturated heterocycles. The quantitative estimate of drug-likeness (QED) is 0.718. The largest absolute Gasteiger partial charge is 0.388 e. The Morgan fingerprint density at radius 2 is 2.12 bits per heavy atom. The highest BCUT2D eigenvalue weighted by atomic mass is 16.3. The summed E-state index contributed by atoms with van der Waals surface area (Å²) in [6.07, 6.45) is 0. The van der Waals surface area contributed by atoms with Crippen LogP contribution in [-0.2, 0) is 0 Å². The zero-order valence-corrected chi connectivity index (χ0v) is 9.78. The monoisotopic (exact) mass is 219 g/mol. The highest BCUT2D eigenvalue weighted by molar-refractivity contribution is 5.76. The van der Waals surface area contributed by atoms with Crippen molar-refractivity contribution in [2.45, 2.75) is 32.4 Å². The molecule has 1 atom stereocenters. The van der Waals surface area contributed by atoms with Crippen molar-refractivity contribution in [3.63, 3.8) is 0 Å². The number of imidazole rings is 1. The topological polar surface area (TPSA) is 74.9 Å². The van der Waals surface area contributed by atoms with E-state index < -0.39 is 11.6 Å². The van der Waals surface area contributed by atoms with Crippen molar-refractivity contribution in [3.05, 3.63) is 29.6 Å². The van der Waals surface area contributed by atoms with Gasteiger partial charge in [-0.05, 0) is 38.5 Å². The molecule has 2 aromatic rings. The Balaban J connectivity index is 2.46. The molecular formula is C12H17N3O. The van der Waals surface area contributed by atoms with Crippen LogP contribution in [-0.4, -0.2) is 20.7 Å². The molecule has 0 aliphatic heterocycles. The summed E-state index contributed by atoms with van der Waals surface area (Å²) in [4.78, 5) is 7.47. The molecule has 0 spiro atoms. The zero-order valence-electron chi connectivity index (χ0n) is 9.78. The Bertz CT molecular complexity index is 510. The van der Waals surface area contributed by atoms with Crippen LogP contribution in [0.5, 0.6) is 0 Å². The molecule has 0 saturated carbocycles. The molecule has 0 amide bonds. The van der Waals surface area contributed by atoms with Crippen molar-refractivity contribution < 1.29 is 5.11 Å². The van der Waals surface area contributed by atoms with E-state index >= 15 is 0 Å². The van der Waals surface area contributed by atoms with Crippen LogP contribution >= 0.6 is 0 Å². The summed E-state index contributed by atoms with van der Waals surface area (Å²) in [6.45, 7) is 5.33.